The van der Waals surface area contributed by atoms with Gasteiger partial charge in [0.1, 0.15) is 0 Å². The van der Waals surface area contributed by atoms with Crippen LogP contribution in [0, 0.1) is 0 Å². The van der Waals surface area contributed by atoms with Gasteiger partial charge < -0.3 is 18.2 Å². The van der Waals surface area contributed by atoms with Crippen LogP contribution in [0.2, 0.25) is 0 Å². The van der Waals surface area contributed by atoms with Gasteiger partial charge in [0.15, 0.2) is 0 Å². The van der Waals surface area contributed by atoms with Crippen molar-refractivity contribution in [1.29, 1.82) is 0 Å². The molecule has 0 aliphatic heterocycles. The van der Waals surface area contributed by atoms with Crippen LogP contribution >= 0.6 is 0 Å². The summed E-state index contributed by atoms with van der Waals surface area (Å²) in [5.74, 6) is 0. The molecule has 13 nitrogen and oxygen atoms in total. The van der Waals surface area contributed by atoms with Crippen molar-refractivity contribution in [1.82, 2.24) is 0 Å². The molecule has 0 saturated heterocycles. The third kappa shape index (κ3) is 81.1. The number of hydrogen-bond donors (Lipinski definition) is 2. The van der Waals surface area contributed by atoms with Crippen molar-refractivity contribution in [2.24, 2.45) is 0 Å². The predicted molar refractivity (Wildman–Crippen MR) is 36.5 cm³/mol. The summed E-state index contributed by atoms with van der Waals surface area (Å²) in [6.07, 6.45) is 0. The van der Waals surface area contributed by atoms with Crippen LogP contribution in [0.3, 0.4) is 0 Å². The monoisotopic (exact) mass is 398 g/mol. The topological polar surface area (TPSA) is 237 Å². The van der Waals surface area contributed by atoms with E-state index in [1.807, 2.05) is 0 Å². The van der Waals surface area contributed by atoms with Crippen LogP contribution in [-0.4, -0.2) is 49.8 Å². The van der Waals surface area contributed by atoms with Crippen LogP contribution in [0.25, 0.3) is 0 Å². The molecule has 0 atom stereocenters. The molecule has 2 N–H and O–H groups in total. The first-order chi connectivity index (χ1) is 6.94. The fraction of sp³-hybridized carbons (Fsp3) is 0. The van der Waals surface area contributed by atoms with Gasteiger partial charge in [-0.15, -0.1) is 20.0 Å². The number of rotatable bonds is 3. The summed E-state index contributed by atoms with van der Waals surface area (Å²) < 4.78 is 86.8. The summed E-state index contributed by atoms with van der Waals surface area (Å²) in [6.45, 7) is 0. The Kier molecular flexibility index (Phi) is 54.7. The molecule has 0 aliphatic rings. The Morgan fingerprint density at radius 1 is 0.750 bits per heavy atom. The summed E-state index contributed by atoms with van der Waals surface area (Å²) in [5, 5.41) is 12.0. The first-order valence-corrected chi connectivity index (χ1v) is 5.87. The van der Waals surface area contributed by atoms with Crippen molar-refractivity contribution in [3.8, 4) is 0 Å². The predicted octanol–water partition coefficient (Wildman–Crippen LogP) is -15.1. The third-order valence-electron chi connectivity index (χ3n) is 0.194. The maximum atomic E-state index is 9.37. The van der Waals surface area contributed by atoms with Crippen LogP contribution in [0.1, 0.15) is 0 Å². The Morgan fingerprint density at radius 2 is 0.850 bits per heavy atom. The van der Waals surface area contributed by atoms with Gasteiger partial charge in [-0.2, -0.15) is 0 Å². The van der Waals surface area contributed by atoms with E-state index in [-0.39, 0.29) is 118 Å². The van der Waals surface area contributed by atoms with E-state index in [1.165, 1.54) is 0 Å². The maximum Gasteiger partial charge on any atom is 1.00 e. The zero-order valence-corrected chi connectivity index (χ0v) is 21.1. The van der Waals surface area contributed by atoms with Gasteiger partial charge in [-0.1, -0.05) is 0 Å². The van der Waals surface area contributed by atoms with Crippen molar-refractivity contribution in [2.75, 3.05) is 0 Å². The van der Waals surface area contributed by atoms with Gasteiger partial charge in [0.2, 0.25) is 20.8 Å². The SMILES string of the molecule is O=S(=O)([O-])OOS(=O)(=O)[O-].O=S([O-])[O-].OO.[Na+].[Na+].[Na+].[Na+]. The molecule has 20 heteroatoms. The summed E-state index contributed by atoms with van der Waals surface area (Å²) in [5.41, 5.74) is 0. The zero-order valence-electron chi connectivity index (χ0n) is 10.6. The second kappa shape index (κ2) is 25.0. The third-order valence-corrected chi connectivity index (χ3v) is 0.750. The van der Waals surface area contributed by atoms with Crippen molar-refractivity contribution < 1.29 is 177 Å². The van der Waals surface area contributed by atoms with Gasteiger partial charge in [0.05, 0.1) is 0 Å². The fourth-order valence-electron chi connectivity index (χ4n) is 0.0680. The van der Waals surface area contributed by atoms with Gasteiger partial charge in [-0.05, 0) is 0 Å². The van der Waals surface area contributed by atoms with Crippen LogP contribution in [0.4, 0.5) is 0 Å². The second-order valence-electron chi connectivity index (χ2n) is 1.16. The van der Waals surface area contributed by atoms with Crippen molar-refractivity contribution in [3.05, 3.63) is 0 Å². The summed E-state index contributed by atoms with van der Waals surface area (Å²) in [7, 11) is -10.6. The average Bonchev–Trinajstić information content (AvgIpc) is 2.01. The molecule has 0 radical (unpaired) electrons. The molecule has 0 rings (SSSR count). The van der Waals surface area contributed by atoms with E-state index in [4.69, 9.17) is 23.8 Å². The quantitative estimate of drug-likeness (QED) is 0.112. The Morgan fingerprint density at radius 3 is 0.900 bits per heavy atom. The minimum Gasteiger partial charge on any atom is -0.784 e. The van der Waals surface area contributed by atoms with Gasteiger partial charge >= 0.3 is 118 Å². The normalized spacial score (nSPS) is 8.75. The summed E-state index contributed by atoms with van der Waals surface area (Å²) in [6, 6.07) is 0. The van der Waals surface area contributed by atoms with Crippen LogP contribution < -0.4 is 118 Å². The van der Waals surface area contributed by atoms with Crippen LogP contribution in [0.5, 0.6) is 0 Å². The van der Waals surface area contributed by atoms with E-state index >= 15 is 0 Å². The van der Waals surface area contributed by atoms with E-state index in [1.54, 1.807) is 0 Å². The first kappa shape index (κ1) is 43.8. The minimum absolute atomic E-state index is 0. The molecule has 0 heterocycles. The summed E-state index contributed by atoms with van der Waals surface area (Å²) >= 11 is -3.11. The molecular formula is H2Na4O13S3. The number of hydrogen-bond acceptors (Lipinski definition) is 13. The molecule has 0 saturated carbocycles. The van der Waals surface area contributed by atoms with E-state index in [0.29, 0.717) is 0 Å². The molecule has 102 valence electrons. The van der Waals surface area contributed by atoms with Crippen LogP contribution in [0.15, 0.2) is 0 Å². The fourth-order valence-corrected chi connectivity index (χ4v) is 0.612. The first-order valence-electron chi connectivity index (χ1n) is 2.20. The molecule has 0 bridgehead atoms. The van der Waals surface area contributed by atoms with Crippen molar-refractivity contribution in [2.45, 2.75) is 0 Å². The molecule has 0 unspecified atom stereocenters. The van der Waals surface area contributed by atoms with E-state index < -0.39 is 32.2 Å². The van der Waals surface area contributed by atoms with Gasteiger partial charge in [0, 0.05) is 0 Å². The van der Waals surface area contributed by atoms with Crippen LogP contribution in [-0.2, 0) is 40.8 Å². The van der Waals surface area contributed by atoms with Gasteiger partial charge in [-0.25, -0.2) is 16.8 Å². The van der Waals surface area contributed by atoms with Gasteiger partial charge in [0.25, 0.3) is 0 Å². The Bertz CT molecular complexity index is 332. The average molecular weight is 398 g/mol. The second-order valence-corrected chi connectivity index (χ2v) is 3.47. The Hall–Kier alpha value is 3.73. The molecule has 0 amide bonds. The maximum absolute atomic E-state index is 9.37. The molecular weight excluding hydrogens is 396 g/mol. The molecule has 0 aromatic carbocycles. The van der Waals surface area contributed by atoms with Crippen molar-refractivity contribution >= 4 is 32.2 Å². The summed E-state index contributed by atoms with van der Waals surface area (Å²) in [4.78, 5) is 0. The molecule has 0 aliphatic carbocycles. The van der Waals surface area contributed by atoms with Gasteiger partial charge in [-0.3, -0.25) is 14.7 Å². The minimum atomic E-state index is -5.31. The van der Waals surface area contributed by atoms with E-state index in [2.05, 4.69) is 8.67 Å². The molecule has 20 heavy (non-hydrogen) atoms. The Labute approximate surface area is 205 Å². The standard InChI is InChI=1S/4Na.H2O8S2.H2O3S.H2O2/c;;;;1-9(2,3)7-8-10(4,5)6;1-4(2)3;1-2/h;;;;(H,1,2,3)(H,4,5,6);(H2,1,2,3);1-2H/q4*+1;;;/p-4. The smallest absolute Gasteiger partial charge is 0.784 e. The molecule has 0 aromatic heterocycles. The largest absolute Gasteiger partial charge is 1.00 e. The van der Waals surface area contributed by atoms with E-state index in [9.17, 15) is 25.9 Å². The molecule has 0 aromatic rings. The van der Waals surface area contributed by atoms with E-state index in [0.717, 1.165) is 0 Å². The molecule has 0 spiro atoms. The molecule has 0 fully saturated rings. The van der Waals surface area contributed by atoms with Crippen molar-refractivity contribution in [3.63, 3.8) is 0 Å². The zero-order chi connectivity index (χ0) is 14.0. The Balaban J connectivity index is -0.0000000297.